The van der Waals surface area contributed by atoms with Crippen molar-refractivity contribution in [3.05, 3.63) is 34.6 Å². The summed E-state index contributed by atoms with van der Waals surface area (Å²) in [6.45, 7) is 0. The van der Waals surface area contributed by atoms with Crippen molar-refractivity contribution in [3.63, 3.8) is 0 Å². The first-order valence-electron chi connectivity index (χ1n) is 7.52. The second-order valence-electron chi connectivity index (χ2n) is 5.75. The summed E-state index contributed by atoms with van der Waals surface area (Å²) < 4.78 is 14.1. The zero-order chi connectivity index (χ0) is 16.1. The molecule has 4 N–H and O–H groups in total. The van der Waals surface area contributed by atoms with Crippen molar-refractivity contribution in [2.24, 2.45) is 11.7 Å². The molecule has 0 spiro atoms. The fourth-order valence-corrected chi connectivity index (χ4v) is 3.88. The van der Waals surface area contributed by atoms with Gasteiger partial charge in [0.05, 0.1) is 5.04 Å². The number of nitrogens with two attached hydrogens (primary N) is 1. The Labute approximate surface area is 139 Å². The van der Waals surface area contributed by atoms with Gasteiger partial charge in [0.1, 0.15) is 5.82 Å². The molecule has 0 amide bonds. The van der Waals surface area contributed by atoms with Crippen LogP contribution in [0.15, 0.2) is 18.2 Å². The van der Waals surface area contributed by atoms with Crippen LogP contribution >= 0.6 is 23.4 Å². The van der Waals surface area contributed by atoms with Crippen molar-refractivity contribution in [1.29, 1.82) is 10.8 Å². The Morgan fingerprint density at radius 2 is 1.91 bits per heavy atom. The minimum atomic E-state index is -0.234. The van der Waals surface area contributed by atoms with Gasteiger partial charge >= 0.3 is 0 Å². The van der Waals surface area contributed by atoms with Gasteiger partial charge in [-0.15, -0.1) is 0 Å². The lowest BCUT2D eigenvalue weighted by atomic mass is 9.82. The first-order valence-corrected chi connectivity index (χ1v) is 8.72. The number of halogens is 2. The van der Waals surface area contributed by atoms with Crippen LogP contribution in [0.3, 0.4) is 0 Å². The van der Waals surface area contributed by atoms with E-state index in [1.165, 1.54) is 6.07 Å². The van der Waals surface area contributed by atoms with Gasteiger partial charge in [-0.3, -0.25) is 10.8 Å². The van der Waals surface area contributed by atoms with Gasteiger partial charge in [-0.05, 0) is 61.1 Å². The van der Waals surface area contributed by atoms with E-state index in [4.69, 9.17) is 28.2 Å². The molecule has 1 fully saturated rings. The minimum absolute atomic E-state index is 0.0349. The molecule has 0 aliphatic heterocycles. The summed E-state index contributed by atoms with van der Waals surface area (Å²) in [5.74, 6) is 0.0741. The molecule has 0 bridgehead atoms. The standard InChI is InChI=1S/C16H21ClFN3S/c17-12-7-8-13(14(18)9-12)10-3-1-2-4-11(6-5-10)15(19)22-16(20)21/h7-11,19H,1-6H2,(H3,20,21). The highest BCUT2D eigenvalue weighted by atomic mass is 35.5. The van der Waals surface area contributed by atoms with Crippen LogP contribution in [0, 0.1) is 22.6 Å². The third-order valence-electron chi connectivity index (χ3n) is 4.21. The topological polar surface area (TPSA) is 73.7 Å². The van der Waals surface area contributed by atoms with Crippen LogP contribution in [-0.2, 0) is 0 Å². The van der Waals surface area contributed by atoms with E-state index in [0.717, 1.165) is 55.9 Å². The molecule has 0 radical (unpaired) electrons. The first-order chi connectivity index (χ1) is 10.5. The van der Waals surface area contributed by atoms with Crippen LogP contribution in [0.2, 0.25) is 5.02 Å². The van der Waals surface area contributed by atoms with E-state index in [0.29, 0.717) is 10.1 Å². The predicted molar refractivity (Wildman–Crippen MR) is 92.6 cm³/mol. The van der Waals surface area contributed by atoms with Gasteiger partial charge in [-0.1, -0.05) is 30.5 Å². The second kappa shape index (κ2) is 7.97. The smallest absolute Gasteiger partial charge is 0.157 e. The normalized spacial score (nSPS) is 22.6. The van der Waals surface area contributed by atoms with E-state index in [1.54, 1.807) is 12.1 Å². The Morgan fingerprint density at radius 1 is 1.18 bits per heavy atom. The van der Waals surface area contributed by atoms with Gasteiger partial charge in [-0.2, -0.15) is 0 Å². The summed E-state index contributed by atoms with van der Waals surface area (Å²) >= 11 is 6.86. The lowest BCUT2D eigenvalue weighted by Gasteiger charge is -2.25. The van der Waals surface area contributed by atoms with Gasteiger partial charge in [0.2, 0.25) is 0 Å². The monoisotopic (exact) mass is 341 g/mol. The highest BCUT2D eigenvalue weighted by Gasteiger charge is 2.23. The van der Waals surface area contributed by atoms with E-state index >= 15 is 0 Å². The number of rotatable bonds is 2. The molecular weight excluding hydrogens is 321 g/mol. The molecule has 1 saturated carbocycles. The maximum Gasteiger partial charge on any atom is 0.157 e. The third-order valence-corrected chi connectivity index (χ3v) is 5.22. The van der Waals surface area contributed by atoms with Crippen LogP contribution in [0.25, 0.3) is 0 Å². The minimum Gasteiger partial charge on any atom is -0.378 e. The Balaban J connectivity index is 2.06. The maximum atomic E-state index is 14.1. The van der Waals surface area contributed by atoms with Crippen LogP contribution in [0.1, 0.15) is 50.0 Å². The van der Waals surface area contributed by atoms with Gasteiger partial charge in [0, 0.05) is 10.9 Å². The van der Waals surface area contributed by atoms with Gasteiger partial charge in [-0.25, -0.2) is 4.39 Å². The zero-order valence-corrected chi connectivity index (χ0v) is 13.9. The number of thioether (sulfide) groups is 1. The van der Waals surface area contributed by atoms with Crippen molar-refractivity contribution in [2.75, 3.05) is 0 Å². The van der Waals surface area contributed by atoms with E-state index in [2.05, 4.69) is 0 Å². The SMILES string of the molecule is N=C(N)SC(=N)C1CCCCC(c2ccc(Cl)cc2F)CC1. The molecule has 2 rings (SSSR count). The van der Waals surface area contributed by atoms with Crippen molar-refractivity contribution in [2.45, 2.75) is 44.4 Å². The third kappa shape index (κ3) is 4.71. The lowest BCUT2D eigenvalue weighted by Crippen LogP contribution is -2.18. The second-order valence-corrected chi connectivity index (χ2v) is 7.27. The van der Waals surface area contributed by atoms with Crippen molar-refractivity contribution in [3.8, 4) is 0 Å². The summed E-state index contributed by atoms with van der Waals surface area (Å²) in [6.07, 6.45) is 5.67. The molecule has 1 aliphatic rings. The highest BCUT2D eigenvalue weighted by molar-refractivity contribution is 8.26. The first kappa shape index (κ1) is 17.3. The maximum absolute atomic E-state index is 14.1. The average molecular weight is 342 g/mol. The number of hydrogen-bond acceptors (Lipinski definition) is 3. The molecule has 0 aromatic heterocycles. The summed E-state index contributed by atoms with van der Waals surface area (Å²) in [5.41, 5.74) is 6.10. The van der Waals surface area contributed by atoms with E-state index in [-0.39, 0.29) is 22.8 Å². The van der Waals surface area contributed by atoms with E-state index < -0.39 is 0 Å². The molecule has 1 aromatic carbocycles. The van der Waals surface area contributed by atoms with Crippen LogP contribution in [0.5, 0.6) is 0 Å². The molecule has 2 atom stereocenters. The summed E-state index contributed by atoms with van der Waals surface area (Å²) in [4.78, 5) is 0. The van der Waals surface area contributed by atoms with Crippen LogP contribution in [0.4, 0.5) is 4.39 Å². The number of nitrogens with one attached hydrogen (secondary N) is 2. The summed E-state index contributed by atoms with van der Waals surface area (Å²) in [5, 5.41) is 16.2. The van der Waals surface area contributed by atoms with Gasteiger partial charge < -0.3 is 5.73 Å². The lowest BCUT2D eigenvalue weighted by molar-refractivity contribution is 0.408. The van der Waals surface area contributed by atoms with Crippen LogP contribution in [-0.4, -0.2) is 10.2 Å². The Kier molecular flexibility index (Phi) is 6.26. The molecule has 120 valence electrons. The highest BCUT2D eigenvalue weighted by Crippen LogP contribution is 2.36. The quantitative estimate of drug-likeness (QED) is 0.515. The van der Waals surface area contributed by atoms with Crippen LogP contribution < -0.4 is 5.73 Å². The van der Waals surface area contributed by atoms with E-state index in [9.17, 15) is 4.39 Å². The fraction of sp³-hybridized carbons (Fsp3) is 0.500. The molecule has 22 heavy (non-hydrogen) atoms. The van der Waals surface area contributed by atoms with E-state index in [1.807, 2.05) is 0 Å². The number of benzene rings is 1. The molecule has 1 aromatic rings. The molecule has 6 heteroatoms. The number of amidine groups is 1. The fourth-order valence-electron chi connectivity index (χ4n) is 3.08. The van der Waals surface area contributed by atoms with Crippen molar-refractivity contribution in [1.82, 2.24) is 0 Å². The largest absolute Gasteiger partial charge is 0.378 e. The van der Waals surface area contributed by atoms with Gasteiger partial charge in [0.15, 0.2) is 5.17 Å². The average Bonchev–Trinajstić information content (AvgIpc) is 2.39. The van der Waals surface area contributed by atoms with Crippen molar-refractivity contribution < 1.29 is 4.39 Å². The van der Waals surface area contributed by atoms with Crippen molar-refractivity contribution >= 4 is 33.6 Å². The predicted octanol–water partition coefficient (Wildman–Crippen LogP) is 5.14. The van der Waals surface area contributed by atoms with Gasteiger partial charge in [0.25, 0.3) is 0 Å². The molecule has 3 nitrogen and oxygen atoms in total. The summed E-state index contributed by atoms with van der Waals surface area (Å²) in [6, 6.07) is 4.90. The number of hydrogen-bond donors (Lipinski definition) is 3. The molecule has 0 saturated heterocycles. The Morgan fingerprint density at radius 3 is 2.59 bits per heavy atom. The molecule has 1 aliphatic carbocycles. The Bertz CT molecular complexity index is 564. The zero-order valence-electron chi connectivity index (χ0n) is 12.4. The molecular formula is C16H21ClFN3S. The summed E-state index contributed by atoms with van der Waals surface area (Å²) in [7, 11) is 0. The Hall–Kier alpha value is -1.07. The molecule has 0 heterocycles. The molecule has 2 unspecified atom stereocenters.